The van der Waals surface area contributed by atoms with E-state index in [2.05, 4.69) is 34.5 Å². The number of alkyl carbamates (subject to hydrolysis) is 1. The molecule has 0 bridgehead atoms. The van der Waals surface area contributed by atoms with E-state index in [1.165, 1.54) is 11.1 Å². The smallest absolute Gasteiger partial charge is 0.407 e. The maximum absolute atomic E-state index is 12.2. The Morgan fingerprint density at radius 3 is 1.68 bits per heavy atom. The number of carbonyl (C=O) groups is 1. The summed E-state index contributed by atoms with van der Waals surface area (Å²) in [5.41, 5.74) is 2.11. The van der Waals surface area contributed by atoms with Crippen LogP contribution in [0.4, 0.5) is 4.79 Å². The average molecular weight is 471 g/mol. The molecule has 6 nitrogen and oxygen atoms in total. The van der Waals surface area contributed by atoms with Gasteiger partial charge in [0.15, 0.2) is 0 Å². The molecule has 0 fully saturated rings. The van der Waals surface area contributed by atoms with E-state index in [1.807, 2.05) is 52.0 Å². The van der Waals surface area contributed by atoms with Gasteiger partial charge in [0.05, 0.1) is 14.2 Å². The van der Waals surface area contributed by atoms with Crippen LogP contribution < -0.4 is 14.8 Å². The number of nitrogens with one attached hydrogen (secondary N) is 1. The third-order valence-corrected chi connectivity index (χ3v) is 5.49. The number of carbonyl (C=O) groups excluding carboxylic acids is 1. The molecule has 34 heavy (non-hydrogen) atoms. The molecule has 0 spiro atoms. The van der Waals surface area contributed by atoms with Crippen LogP contribution in [0.15, 0.2) is 48.5 Å². The molecule has 2 aromatic rings. The maximum Gasteiger partial charge on any atom is 0.407 e. The van der Waals surface area contributed by atoms with Crippen molar-refractivity contribution < 1.29 is 19.0 Å². The average Bonchev–Trinajstić information content (AvgIpc) is 2.78. The lowest BCUT2D eigenvalue weighted by Gasteiger charge is -2.27. The van der Waals surface area contributed by atoms with E-state index >= 15 is 0 Å². The molecule has 0 saturated carbocycles. The summed E-state index contributed by atoms with van der Waals surface area (Å²) < 4.78 is 15.9. The zero-order valence-electron chi connectivity index (χ0n) is 21.7. The minimum absolute atomic E-state index is 0.00294. The van der Waals surface area contributed by atoms with Crippen molar-refractivity contribution in [1.82, 2.24) is 10.2 Å². The predicted octanol–water partition coefficient (Wildman–Crippen LogP) is 5.48. The number of rotatable bonds is 13. The summed E-state index contributed by atoms with van der Waals surface area (Å²) in [4.78, 5) is 14.6. The molecular weight excluding hydrogens is 428 g/mol. The molecule has 0 aliphatic rings. The number of hydrogen-bond acceptors (Lipinski definition) is 5. The molecular formula is C28H42N2O4. The zero-order chi connectivity index (χ0) is 25.0. The number of benzene rings is 2. The summed E-state index contributed by atoms with van der Waals surface area (Å²) >= 11 is 0. The first-order valence-corrected chi connectivity index (χ1v) is 12.2. The van der Waals surface area contributed by atoms with Crippen molar-refractivity contribution in [2.45, 2.75) is 65.0 Å². The fourth-order valence-electron chi connectivity index (χ4n) is 3.83. The van der Waals surface area contributed by atoms with E-state index in [0.717, 1.165) is 56.8 Å². The Labute approximate surface area is 205 Å². The predicted molar refractivity (Wildman–Crippen MR) is 138 cm³/mol. The summed E-state index contributed by atoms with van der Waals surface area (Å²) in [7, 11) is 3.37. The first-order valence-electron chi connectivity index (χ1n) is 12.2. The van der Waals surface area contributed by atoms with Crippen molar-refractivity contribution in [3.05, 3.63) is 59.7 Å². The monoisotopic (exact) mass is 470 g/mol. The van der Waals surface area contributed by atoms with Crippen LogP contribution >= 0.6 is 0 Å². The molecule has 0 heterocycles. The lowest BCUT2D eigenvalue weighted by Crippen LogP contribution is -2.44. The number of nitrogens with zero attached hydrogens (tertiary/aromatic N) is 1. The van der Waals surface area contributed by atoms with Gasteiger partial charge in [0, 0.05) is 12.6 Å². The van der Waals surface area contributed by atoms with Gasteiger partial charge in [0.25, 0.3) is 0 Å². The van der Waals surface area contributed by atoms with Crippen LogP contribution in [0.2, 0.25) is 0 Å². The van der Waals surface area contributed by atoms with Gasteiger partial charge in [-0.05, 0) is 102 Å². The van der Waals surface area contributed by atoms with Crippen molar-refractivity contribution in [2.24, 2.45) is 0 Å². The Bertz CT molecular complexity index is 791. The molecule has 1 atom stereocenters. The van der Waals surface area contributed by atoms with E-state index in [0.29, 0.717) is 0 Å². The molecule has 0 aliphatic carbocycles. The Morgan fingerprint density at radius 1 is 0.853 bits per heavy atom. The third kappa shape index (κ3) is 10.9. The van der Waals surface area contributed by atoms with E-state index in [1.54, 1.807) is 14.2 Å². The largest absolute Gasteiger partial charge is 0.497 e. The van der Waals surface area contributed by atoms with Gasteiger partial charge in [-0.25, -0.2) is 4.79 Å². The summed E-state index contributed by atoms with van der Waals surface area (Å²) in [6, 6.07) is 16.5. The highest BCUT2D eigenvalue weighted by Gasteiger charge is 2.19. The quantitative estimate of drug-likeness (QED) is 0.420. The number of methoxy groups -OCH3 is 2. The molecule has 2 rings (SSSR count). The fraction of sp³-hybridized carbons (Fsp3) is 0.536. The van der Waals surface area contributed by atoms with Gasteiger partial charge in [0.1, 0.15) is 17.1 Å². The van der Waals surface area contributed by atoms with Gasteiger partial charge in [-0.15, -0.1) is 0 Å². The van der Waals surface area contributed by atoms with Gasteiger partial charge in [0.2, 0.25) is 0 Å². The van der Waals surface area contributed by atoms with Crippen LogP contribution in [0, 0.1) is 0 Å². The summed E-state index contributed by atoms with van der Waals surface area (Å²) in [5, 5.41) is 2.98. The lowest BCUT2D eigenvalue weighted by atomic mass is 10.1. The highest BCUT2D eigenvalue weighted by molar-refractivity contribution is 5.68. The molecule has 1 amide bonds. The second-order valence-electron chi connectivity index (χ2n) is 9.75. The molecule has 0 aromatic heterocycles. The van der Waals surface area contributed by atoms with E-state index < -0.39 is 5.60 Å². The van der Waals surface area contributed by atoms with Crippen LogP contribution in [-0.2, 0) is 17.6 Å². The van der Waals surface area contributed by atoms with Crippen molar-refractivity contribution in [2.75, 3.05) is 33.9 Å². The SMILES string of the molecule is COc1ccc(CCCN(CCCc2ccc(OC)cc2)C[C@H](C)NC(=O)OC(C)(C)C)cc1. The summed E-state index contributed by atoms with van der Waals surface area (Å²) in [6.07, 6.45) is 3.75. The van der Waals surface area contributed by atoms with Crippen LogP contribution in [0.1, 0.15) is 51.7 Å². The van der Waals surface area contributed by atoms with Gasteiger partial charge in [-0.3, -0.25) is 0 Å². The first-order chi connectivity index (χ1) is 16.2. The number of amides is 1. The number of aryl methyl sites for hydroxylation is 2. The Balaban J connectivity index is 1.88. The number of ether oxygens (including phenoxy) is 3. The molecule has 2 aromatic carbocycles. The van der Waals surface area contributed by atoms with Gasteiger partial charge in [-0.2, -0.15) is 0 Å². The second-order valence-corrected chi connectivity index (χ2v) is 9.75. The molecule has 188 valence electrons. The van der Waals surface area contributed by atoms with Crippen molar-refractivity contribution in [3.8, 4) is 11.5 Å². The van der Waals surface area contributed by atoms with Crippen molar-refractivity contribution in [3.63, 3.8) is 0 Å². The van der Waals surface area contributed by atoms with E-state index in [4.69, 9.17) is 14.2 Å². The third-order valence-electron chi connectivity index (χ3n) is 5.49. The molecule has 0 unspecified atom stereocenters. The minimum atomic E-state index is -0.500. The van der Waals surface area contributed by atoms with Gasteiger partial charge in [-0.1, -0.05) is 24.3 Å². The number of hydrogen-bond donors (Lipinski definition) is 1. The normalized spacial score (nSPS) is 12.3. The zero-order valence-corrected chi connectivity index (χ0v) is 21.7. The highest BCUT2D eigenvalue weighted by atomic mass is 16.6. The van der Waals surface area contributed by atoms with E-state index in [-0.39, 0.29) is 12.1 Å². The second kappa shape index (κ2) is 13.9. The molecule has 0 aliphatic heterocycles. The van der Waals surface area contributed by atoms with Crippen molar-refractivity contribution >= 4 is 6.09 Å². The molecule has 0 saturated heterocycles. The topological polar surface area (TPSA) is 60.0 Å². The van der Waals surface area contributed by atoms with E-state index in [9.17, 15) is 4.79 Å². The minimum Gasteiger partial charge on any atom is -0.497 e. The standard InChI is InChI=1S/C28H42N2O4/c1-22(29-27(31)34-28(2,3)4)21-30(19-7-9-23-11-15-25(32-5)16-12-23)20-8-10-24-13-17-26(33-6)18-14-24/h11-18,22H,7-10,19-21H2,1-6H3,(H,29,31)/t22-/m0/s1. The highest BCUT2D eigenvalue weighted by Crippen LogP contribution is 2.15. The fourth-order valence-corrected chi connectivity index (χ4v) is 3.83. The van der Waals surface area contributed by atoms with Crippen LogP contribution in [0.25, 0.3) is 0 Å². The lowest BCUT2D eigenvalue weighted by molar-refractivity contribution is 0.0497. The summed E-state index contributed by atoms with van der Waals surface area (Å²) in [6.45, 7) is 10.4. The van der Waals surface area contributed by atoms with Crippen molar-refractivity contribution in [1.29, 1.82) is 0 Å². The van der Waals surface area contributed by atoms with Crippen LogP contribution in [-0.4, -0.2) is 56.5 Å². The molecule has 6 heteroatoms. The van der Waals surface area contributed by atoms with Crippen LogP contribution in [0.5, 0.6) is 11.5 Å². The Hall–Kier alpha value is -2.73. The Morgan fingerprint density at radius 2 is 1.29 bits per heavy atom. The first kappa shape index (κ1) is 27.5. The van der Waals surface area contributed by atoms with Gasteiger partial charge < -0.3 is 24.4 Å². The Kier molecular flexibility index (Phi) is 11.2. The van der Waals surface area contributed by atoms with Crippen LogP contribution in [0.3, 0.4) is 0 Å². The van der Waals surface area contributed by atoms with Gasteiger partial charge >= 0.3 is 6.09 Å². The molecule has 0 radical (unpaired) electrons. The molecule has 1 N–H and O–H groups in total. The summed E-state index contributed by atoms with van der Waals surface area (Å²) in [5.74, 6) is 1.76. The maximum atomic E-state index is 12.2.